The summed E-state index contributed by atoms with van der Waals surface area (Å²) >= 11 is 0. The fourth-order valence-corrected chi connectivity index (χ4v) is 3.45. The minimum Gasteiger partial charge on any atom is -0.294 e. The molecule has 1 N–H and O–H groups in total. The van der Waals surface area contributed by atoms with Crippen LogP contribution in [0.2, 0.25) is 0 Å². The number of halogens is 1. The van der Waals surface area contributed by atoms with Crippen LogP contribution in [0.1, 0.15) is 12.5 Å². The number of nitrogens with zero attached hydrogens (tertiary/aromatic N) is 2. The van der Waals surface area contributed by atoms with E-state index in [9.17, 15) is 22.4 Å². The second kappa shape index (κ2) is 5.23. The molecule has 1 aromatic carbocycles. The average Bonchev–Trinajstić information content (AvgIpc) is 2.42. The van der Waals surface area contributed by atoms with E-state index < -0.39 is 45.8 Å². The number of hydrogen-bond donors (Lipinski definition) is 1. The molecule has 7 nitrogen and oxygen atoms in total. The Morgan fingerprint density at radius 2 is 2.10 bits per heavy atom. The fourth-order valence-electron chi connectivity index (χ4n) is 1.87. The van der Waals surface area contributed by atoms with Gasteiger partial charge in [0, 0.05) is 0 Å². The second-order valence-corrected chi connectivity index (χ2v) is 6.28. The van der Waals surface area contributed by atoms with Gasteiger partial charge in [-0.2, -0.15) is 9.57 Å². The summed E-state index contributed by atoms with van der Waals surface area (Å²) < 4.78 is 38.8. The first-order valence-electron chi connectivity index (χ1n) is 5.82. The van der Waals surface area contributed by atoms with Crippen molar-refractivity contribution in [3.05, 3.63) is 29.6 Å². The zero-order valence-electron chi connectivity index (χ0n) is 10.8. The molecule has 0 aliphatic carbocycles. The molecule has 1 heterocycles. The fraction of sp³-hybridized carbons (Fsp3) is 0.250. The lowest BCUT2D eigenvalue weighted by molar-refractivity contribution is -0.136. The predicted molar refractivity (Wildman–Crippen MR) is 67.6 cm³/mol. The predicted octanol–water partition coefficient (Wildman–Crippen LogP) is -0.267. The molecular formula is C12H10FN3O4S. The maximum absolute atomic E-state index is 13.3. The number of piperazine rings is 1. The number of nitriles is 1. The third-order valence-electron chi connectivity index (χ3n) is 3.04. The highest BCUT2D eigenvalue weighted by Gasteiger charge is 2.39. The SMILES string of the molecule is CC1C(=O)NC(=O)CN1S(=O)(=O)c1ccc(F)c(C#N)c1. The molecule has 0 saturated carbocycles. The van der Waals surface area contributed by atoms with Gasteiger partial charge in [-0.1, -0.05) is 0 Å². The number of amides is 2. The normalized spacial score (nSPS) is 20.0. The van der Waals surface area contributed by atoms with Crippen LogP contribution in [0, 0.1) is 17.1 Å². The van der Waals surface area contributed by atoms with Gasteiger partial charge in [-0.15, -0.1) is 0 Å². The topological polar surface area (TPSA) is 107 Å². The van der Waals surface area contributed by atoms with Gasteiger partial charge in [0.1, 0.15) is 17.9 Å². The zero-order chi connectivity index (χ0) is 15.8. The summed E-state index contributed by atoms with van der Waals surface area (Å²) in [6, 6.07) is 3.15. The van der Waals surface area contributed by atoms with Crippen molar-refractivity contribution in [2.75, 3.05) is 6.54 Å². The van der Waals surface area contributed by atoms with Crippen LogP contribution in [0.15, 0.2) is 23.1 Å². The number of carbonyl (C=O) groups excluding carboxylic acids is 2. The van der Waals surface area contributed by atoms with Crippen LogP contribution in [-0.4, -0.2) is 37.1 Å². The van der Waals surface area contributed by atoms with E-state index in [0.29, 0.717) is 4.31 Å². The summed E-state index contributed by atoms with van der Waals surface area (Å²) in [5.41, 5.74) is -0.434. The van der Waals surface area contributed by atoms with E-state index in [-0.39, 0.29) is 4.90 Å². The van der Waals surface area contributed by atoms with E-state index in [1.54, 1.807) is 0 Å². The molecule has 1 aliphatic rings. The molecule has 0 spiro atoms. The van der Waals surface area contributed by atoms with Crippen molar-refractivity contribution in [2.24, 2.45) is 0 Å². The van der Waals surface area contributed by atoms with Crippen molar-refractivity contribution >= 4 is 21.8 Å². The van der Waals surface area contributed by atoms with Crippen molar-refractivity contribution in [1.82, 2.24) is 9.62 Å². The number of nitrogens with one attached hydrogen (secondary N) is 1. The first-order valence-corrected chi connectivity index (χ1v) is 7.26. The lowest BCUT2D eigenvalue weighted by Crippen LogP contribution is -2.58. The molecule has 1 atom stereocenters. The van der Waals surface area contributed by atoms with Crippen LogP contribution < -0.4 is 5.32 Å². The van der Waals surface area contributed by atoms with E-state index in [2.05, 4.69) is 0 Å². The summed E-state index contributed by atoms with van der Waals surface area (Å²) in [5.74, 6) is -2.33. The molecule has 2 rings (SSSR count). The van der Waals surface area contributed by atoms with E-state index >= 15 is 0 Å². The van der Waals surface area contributed by atoms with Gasteiger partial charge in [0.15, 0.2) is 0 Å². The Labute approximate surface area is 120 Å². The van der Waals surface area contributed by atoms with Crippen LogP contribution >= 0.6 is 0 Å². The highest BCUT2D eigenvalue weighted by molar-refractivity contribution is 7.89. The molecule has 0 aromatic heterocycles. The minimum absolute atomic E-state index is 0.352. The molecule has 1 unspecified atom stereocenters. The standard InChI is InChI=1S/C12H10FN3O4S/c1-7-12(18)15-11(17)6-16(7)21(19,20)9-2-3-10(13)8(4-9)5-14/h2-4,7H,6H2,1H3,(H,15,17,18). The molecule has 1 saturated heterocycles. The highest BCUT2D eigenvalue weighted by atomic mass is 32.2. The summed E-state index contributed by atoms with van der Waals surface area (Å²) in [5, 5.41) is 10.8. The third-order valence-corrected chi connectivity index (χ3v) is 4.95. The van der Waals surface area contributed by atoms with Gasteiger partial charge in [0.2, 0.25) is 21.8 Å². The lowest BCUT2D eigenvalue weighted by atomic mass is 10.2. The first kappa shape index (κ1) is 15.1. The van der Waals surface area contributed by atoms with Crippen molar-refractivity contribution < 1.29 is 22.4 Å². The average molecular weight is 311 g/mol. The summed E-state index contributed by atoms with van der Waals surface area (Å²) in [6.07, 6.45) is 0. The van der Waals surface area contributed by atoms with Crippen molar-refractivity contribution in [2.45, 2.75) is 17.9 Å². The van der Waals surface area contributed by atoms with Gasteiger partial charge in [-0.05, 0) is 25.1 Å². The number of benzene rings is 1. The number of imide groups is 1. The molecule has 0 radical (unpaired) electrons. The van der Waals surface area contributed by atoms with Gasteiger partial charge in [0.25, 0.3) is 0 Å². The Balaban J connectivity index is 2.49. The van der Waals surface area contributed by atoms with Crippen LogP contribution in [0.5, 0.6) is 0 Å². The van der Waals surface area contributed by atoms with Gasteiger partial charge in [0.05, 0.1) is 17.0 Å². The maximum Gasteiger partial charge on any atom is 0.244 e. The molecule has 21 heavy (non-hydrogen) atoms. The van der Waals surface area contributed by atoms with Gasteiger partial charge in [-0.25, -0.2) is 12.8 Å². The molecule has 9 heteroatoms. The number of hydrogen-bond acceptors (Lipinski definition) is 5. The van der Waals surface area contributed by atoms with Gasteiger partial charge < -0.3 is 0 Å². The molecule has 1 aliphatic heterocycles. The highest BCUT2D eigenvalue weighted by Crippen LogP contribution is 2.22. The van der Waals surface area contributed by atoms with E-state index in [1.807, 2.05) is 5.32 Å². The van der Waals surface area contributed by atoms with Crippen LogP contribution in [0.4, 0.5) is 4.39 Å². The van der Waals surface area contributed by atoms with E-state index in [0.717, 1.165) is 18.2 Å². The molecular weight excluding hydrogens is 301 g/mol. The van der Waals surface area contributed by atoms with E-state index in [4.69, 9.17) is 5.26 Å². The van der Waals surface area contributed by atoms with Crippen molar-refractivity contribution in [3.63, 3.8) is 0 Å². The Morgan fingerprint density at radius 3 is 2.71 bits per heavy atom. The number of sulfonamides is 1. The first-order chi connectivity index (χ1) is 9.77. The molecule has 0 bridgehead atoms. The maximum atomic E-state index is 13.3. The van der Waals surface area contributed by atoms with E-state index in [1.165, 1.54) is 13.0 Å². The summed E-state index contributed by atoms with van der Waals surface area (Å²) in [7, 11) is -4.19. The number of carbonyl (C=O) groups is 2. The summed E-state index contributed by atoms with van der Waals surface area (Å²) in [4.78, 5) is 22.5. The molecule has 1 aromatic rings. The Kier molecular flexibility index (Phi) is 3.76. The molecule has 110 valence electrons. The zero-order valence-corrected chi connectivity index (χ0v) is 11.6. The van der Waals surface area contributed by atoms with Crippen LogP contribution in [0.3, 0.4) is 0 Å². The number of rotatable bonds is 2. The minimum atomic E-state index is -4.19. The Hall–Kier alpha value is -2.31. The van der Waals surface area contributed by atoms with Crippen LogP contribution in [-0.2, 0) is 19.6 Å². The lowest BCUT2D eigenvalue weighted by Gasteiger charge is -2.30. The van der Waals surface area contributed by atoms with Crippen molar-refractivity contribution in [1.29, 1.82) is 5.26 Å². The van der Waals surface area contributed by atoms with Gasteiger partial charge in [-0.3, -0.25) is 14.9 Å². The quantitative estimate of drug-likeness (QED) is 0.757. The smallest absolute Gasteiger partial charge is 0.244 e. The molecule has 2 amide bonds. The van der Waals surface area contributed by atoms with Gasteiger partial charge >= 0.3 is 0 Å². The third kappa shape index (κ3) is 2.63. The Bertz CT molecular complexity index is 769. The summed E-state index contributed by atoms with van der Waals surface area (Å²) in [6.45, 7) is 0.808. The molecule has 1 fully saturated rings. The second-order valence-electron chi connectivity index (χ2n) is 4.39. The van der Waals surface area contributed by atoms with Crippen LogP contribution in [0.25, 0.3) is 0 Å². The van der Waals surface area contributed by atoms with Crippen molar-refractivity contribution in [3.8, 4) is 6.07 Å². The monoisotopic (exact) mass is 311 g/mol. The Morgan fingerprint density at radius 1 is 1.43 bits per heavy atom. The largest absolute Gasteiger partial charge is 0.294 e.